The van der Waals surface area contributed by atoms with E-state index in [0.29, 0.717) is 0 Å². The quantitative estimate of drug-likeness (QED) is 0.828. The van der Waals surface area contributed by atoms with Crippen molar-refractivity contribution in [3.63, 3.8) is 0 Å². The van der Waals surface area contributed by atoms with Crippen molar-refractivity contribution < 1.29 is 0 Å². The Morgan fingerprint density at radius 2 is 2.31 bits per heavy atom. The molecule has 0 atom stereocenters. The molecule has 90 valence electrons. The van der Waals surface area contributed by atoms with Crippen LogP contribution in [-0.2, 0) is 13.1 Å². The molecule has 1 aromatic heterocycles. The van der Waals surface area contributed by atoms with E-state index in [9.17, 15) is 0 Å². The lowest BCUT2D eigenvalue weighted by Gasteiger charge is -2.19. The van der Waals surface area contributed by atoms with Crippen LogP contribution in [0, 0.1) is 0 Å². The van der Waals surface area contributed by atoms with Gasteiger partial charge in [0.1, 0.15) is 5.82 Å². The minimum atomic E-state index is 0.995. The van der Waals surface area contributed by atoms with Gasteiger partial charge >= 0.3 is 0 Å². The Labute approximate surface area is 97.7 Å². The van der Waals surface area contributed by atoms with Gasteiger partial charge in [-0.2, -0.15) is 0 Å². The van der Waals surface area contributed by atoms with Crippen LogP contribution in [-0.4, -0.2) is 40.6 Å². The maximum absolute atomic E-state index is 4.46. The summed E-state index contributed by atoms with van der Waals surface area (Å²) in [5.41, 5.74) is 0. The highest BCUT2D eigenvalue weighted by atomic mass is 15.2. The number of rotatable bonds is 4. The van der Waals surface area contributed by atoms with Crippen molar-refractivity contribution in [3.8, 4) is 0 Å². The Hall–Kier alpha value is -0.870. The van der Waals surface area contributed by atoms with Crippen molar-refractivity contribution in [1.29, 1.82) is 0 Å². The molecule has 0 radical (unpaired) electrons. The second-order valence-corrected chi connectivity index (χ2v) is 4.42. The van der Waals surface area contributed by atoms with Crippen LogP contribution in [0.1, 0.15) is 25.6 Å². The number of hydrogen-bond acceptors (Lipinski definition) is 3. The molecule has 0 bridgehead atoms. The van der Waals surface area contributed by atoms with E-state index in [1.807, 2.05) is 6.20 Å². The van der Waals surface area contributed by atoms with Crippen LogP contribution in [0.3, 0.4) is 0 Å². The topological polar surface area (TPSA) is 33.1 Å². The molecule has 0 aliphatic carbocycles. The Kier molecular flexibility index (Phi) is 4.36. The first-order valence-corrected chi connectivity index (χ1v) is 6.33. The molecule has 1 fully saturated rings. The van der Waals surface area contributed by atoms with Gasteiger partial charge in [0.2, 0.25) is 0 Å². The Balaban J connectivity index is 1.93. The molecule has 2 heterocycles. The first-order valence-electron chi connectivity index (χ1n) is 6.33. The third-order valence-electron chi connectivity index (χ3n) is 3.06. The molecule has 0 saturated carbocycles. The average molecular weight is 222 g/mol. The van der Waals surface area contributed by atoms with Crippen LogP contribution < -0.4 is 5.32 Å². The first-order chi connectivity index (χ1) is 7.90. The van der Waals surface area contributed by atoms with Gasteiger partial charge in [0, 0.05) is 32.0 Å². The van der Waals surface area contributed by atoms with Crippen molar-refractivity contribution in [2.24, 2.45) is 0 Å². The number of aromatic nitrogens is 2. The predicted molar refractivity (Wildman–Crippen MR) is 65.3 cm³/mol. The van der Waals surface area contributed by atoms with Crippen LogP contribution >= 0.6 is 0 Å². The van der Waals surface area contributed by atoms with Crippen LogP contribution in [0.2, 0.25) is 0 Å². The maximum Gasteiger partial charge on any atom is 0.122 e. The Morgan fingerprint density at radius 1 is 1.38 bits per heavy atom. The molecule has 0 unspecified atom stereocenters. The van der Waals surface area contributed by atoms with Gasteiger partial charge in [0.25, 0.3) is 0 Å². The summed E-state index contributed by atoms with van der Waals surface area (Å²) >= 11 is 0. The lowest BCUT2D eigenvalue weighted by atomic mass is 10.3. The third-order valence-corrected chi connectivity index (χ3v) is 3.06. The summed E-state index contributed by atoms with van der Waals surface area (Å²) in [5, 5.41) is 3.43. The summed E-state index contributed by atoms with van der Waals surface area (Å²) in [5.74, 6) is 1.21. The maximum atomic E-state index is 4.46. The molecule has 0 amide bonds. The van der Waals surface area contributed by atoms with Crippen molar-refractivity contribution >= 4 is 0 Å². The monoisotopic (exact) mass is 222 g/mol. The van der Waals surface area contributed by atoms with E-state index in [2.05, 4.69) is 32.9 Å². The van der Waals surface area contributed by atoms with Crippen LogP contribution in [0.5, 0.6) is 0 Å². The second kappa shape index (κ2) is 6.01. The van der Waals surface area contributed by atoms with Gasteiger partial charge in [-0.05, 0) is 25.9 Å². The zero-order valence-corrected chi connectivity index (χ0v) is 10.2. The second-order valence-electron chi connectivity index (χ2n) is 4.42. The van der Waals surface area contributed by atoms with E-state index >= 15 is 0 Å². The van der Waals surface area contributed by atoms with Gasteiger partial charge in [-0.1, -0.05) is 6.92 Å². The summed E-state index contributed by atoms with van der Waals surface area (Å²) in [4.78, 5) is 6.95. The van der Waals surface area contributed by atoms with E-state index in [-0.39, 0.29) is 0 Å². The van der Waals surface area contributed by atoms with Gasteiger partial charge in [0.15, 0.2) is 0 Å². The van der Waals surface area contributed by atoms with Gasteiger partial charge < -0.3 is 9.88 Å². The lowest BCUT2D eigenvalue weighted by Crippen LogP contribution is -2.29. The van der Waals surface area contributed by atoms with E-state index in [1.165, 1.54) is 25.2 Å². The molecule has 16 heavy (non-hydrogen) atoms. The number of imidazole rings is 1. The van der Waals surface area contributed by atoms with Gasteiger partial charge in [-0.15, -0.1) is 0 Å². The molecule has 1 aliphatic heterocycles. The van der Waals surface area contributed by atoms with Crippen molar-refractivity contribution in [1.82, 2.24) is 19.8 Å². The van der Waals surface area contributed by atoms with Gasteiger partial charge in [0.05, 0.1) is 6.54 Å². The largest absolute Gasteiger partial charge is 0.334 e. The molecular formula is C12H22N4. The Morgan fingerprint density at radius 3 is 3.19 bits per heavy atom. The van der Waals surface area contributed by atoms with Gasteiger partial charge in [-0.25, -0.2) is 4.98 Å². The molecule has 2 rings (SSSR count). The van der Waals surface area contributed by atoms with Crippen LogP contribution in [0.15, 0.2) is 12.4 Å². The molecule has 1 saturated heterocycles. The highest BCUT2D eigenvalue weighted by Crippen LogP contribution is 2.05. The molecule has 4 nitrogen and oxygen atoms in total. The normalized spacial score (nSPS) is 18.6. The standard InChI is InChI=1S/C12H22N4/c1-2-7-16-10-6-14-12(16)11-15-8-3-4-13-5-9-15/h6,10,13H,2-5,7-9,11H2,1H3. The minimum absolute atomic E-state index is 0.995. The molecule has 0 spiro atoms. The molecule has 0 aromatic carbocycles. The first kappa shape index (κ1) is 11.6. The molecule has 1 aliphatic rings. The summed E-state index contributed by atoms with van der Waals surface area (Å²) in [7, 11) is 0. The average Bonchev–Trinajstić information content (AvgIpc) is 2.56. The van der Waals surface area contributed by atoms with Gasteiger partial charge in [-0.3, -0.25) is 4.90 Å². The fourth-order valence-electron chi connectivity index (χ4n) is 2.20. The zero-order chi connectivity index (χ0) is 11.2. The smallest absolute Gasteiger partial charge is 0.122 e. The highest BCUT2D eigenvalue weighted by Gasteiger charge is 2.11. The molecule has 1 aromatic rings. The van der Waals surface area contributed by atoms with Crippen molar-refractivity contribution in [2.75, 3.05) is 26.2 Å². The van der Waals surface area contributed by atoms with E-state index in [0.717, 1.165) is 32.7 Å². The molecular weight excluding hydrogens is 200 g/mol. The predicted octanol–water partition coefficient (Wildman–Crippen LogP) is 1.09. The van der Waals surface area contributed by atoms with E-state index < -0.39 is 0 Å². The van der Waals surface area contributed by atoms with E-state index in [1.54, 1.807) is 0 Å². The molecule has 1 N–H and O–H groups in total. The third kappa shape index (κ3) is 3.06. The molecule has 4 heteroatoms. The SMILES string of the molecule is CCCn1ccnc1CN1CCCNCC1. The number of nitrogens with one attached hydrogen (secondary N) is 1. The minimum Gasteiger partial charge on any atom is -0.334 e. The fraction of sp³-hybridized carbons (Fsp3) is 0.750. The summed E-state index contributed by atoms with van der Waals surface area (Å²) in [6.07, 6.45) is 6.43. The van der Waals surface area contributed by atoms with E-state index in [4.69, 9.17) is 0 Å². The summed E-state index contributed by atoms with van der Waals surface area (Å²) in [6.45, 7) is 8.87. The van der Waals surface area contributed by atoms with Crippen molar-refractivity contribution in [3.05, 3.63) is 18.2 Å². The van der Waals surface area contributed by atoms with Crippen molar-refractivity contribution in [2.45, 2.75) is 32.9 Å². The van der Waals surface area contributed by atoms with Crippen LogP contribution in [0.25, 0.3) is 0 Å². The summed E-state index contributed by atoms with van der Waals surface area (Å²) in [6, 6.07) is 0. The zero-order valence-electron chi connectivity index (χ0n) is 10.2. The highest BCUT2D eigenvalue weighted by molar-refractivity contribution is 4.92. The summed E-state index contributed by atoms with van der Waals surface area (Å²) < 4.78 is 2.28. The number of hydrogen-bond donors (Lipinski definition) is 1. The fourth-order valence-corrected chi connectivity index (χ4v) is 2.20. The Bertz CT molecular complexity index is 300. The number of aryl methyl sites for hydroxylation is 1. The van der Waals surface area contributed by atoms with Crippen LogP contribution in [0.4, 0.5) is 0 Å². The lowest BCUT2D eigenvalue weighted by molar-refractivity contribution is 0.272. The number of nitrogens with zero attached hydrogens (tertiary/aromatic N) is 3.